The highest BCUT2D eigenvalue weighted by Gasteiger charge is 2.30. The van der Waals surface area contributed by atoms with Crippen molar-refractivity contribution in [1.82, 2.24) is 9.73 Å². The fourth-order valence-corrected chi connectivity index (χ4v) is 6.11. The number of carbonyl (C=O) groups is 1. The average molecular weight is 540 g/mol. The van der Waals surface area contributed by atoms with Crippen LogP contribution in [0.1, 0.15) is 27.8 Å². The Balaban J connectivity index is 1.87. The molecule has 0 heterocycles. The van der Waals surface area contributed by atoms with Gasteiger partial charge in [0.25, 0.3) is 5.91 Å². The predicted molar refractivity (Wildman–Crippen MR) is 147 cm³/mol. The van der Waals surface area contributed by atoms with Crippen LogP contribution in [0.5, 0.6) is 17.2 Å². The normalized spacial score (nSPS) is 11.6. The summed E-state index contributed by atoms with van der Waals surface area (Å²) in [4.78, 5) is 13.1. The second kappa shape index (κ2) is 12.6. The van der Waals surface area contributed by atoms with Gasteiger partial charge in [-0.15, -0.1) is 0 Å². The van der Waals surface area contributed by atoms with Crippen LogP contribution in [0.25, 0.3) is 0 Å². The number of hydrazone groups is 1. The van der Waals surface area contributed by atoms with E-state index in [-0.39, 0.29) is 11.4 Å². The molecule has 3 rings (SSSR count). The molecule has 0 saturated heterocycles. The minimum atomic E-state index is -4.01. The number of rotatable bonds is 11. The van der Waals surface area contributed by atoms with Crippen molar-refractivity contribution in [2.24, 2.45) is 5.10 Å². The SMILES string of the molecule is COc1ccc(/C=N\NC(=O)CN(Cc2ccccc2)S(=O)(=O)c2c(C)cc(C)cc2C)c(OC)c1OC. The minimum Gasteiger partial charge on any atom is -0.493 e. The number of hydrogen-bond donors (Lipinski definition) is 1. The minimum absolute atomic E-state index is 0.0244. The predicted octanol–water partition coefficient (Wildman–Crippen LogP) is 3.98. The van der Waals surface area contributed by atoms with E-state index in [9.17, 15) is 13.2 Å². The molecule has 0 aliphatic carbocycles. The molecule has 0 spiro atoms. The first-order chi connectivity index (χ1) is 18.1. The van der Waals surface area contributed by atoms with Crippen LogP contribution < -0.4 is 19.6 Å². The first kappa shape index (κ1) is 28.7. The Kier molecular flexibility index (Phi) is 9.49. The van der Waals surface area contributed by atoms with Crippen LogP contribution in [0.3, 0.4) is 0 Å². The number of aryl methyl sites for hydroxylation is 3. The third-order valence-electron chi connectivity index (χ3n) is 5.85. The fraction of sp³-hybridized carbons (Fsp3) is 0.286. The quantitative estimate of drug-likeness (QED) is 0.292. The maximum absolute atomic E-state index is 13.8. The molecule has 3 aromatic rings. The number of carbonyl (C=O) groups excluding carboxylic acids is 1. The summed E-state index contributed by atoms with van der Waals surface area (Å²) in [5.41, 5.74) is 5.92. The maximum atomic E-state index is 13.8. The molecule has 3 aromatic carbocycles. The van der Waals surface area contributed by atoms with Gasteiger partial charge in [0, 0.05) is 12.1 Å². The molecule has 0 aliphatic heterocycles. The molecule has 10 heteroatoms. The maximum Gasteiger partial charge on any atom is 0.255 e. The lowest BCUT2D eigenvalue weighted by Gasteiger charge is -2.24. The van der Waals surface area contributed by atoms with Gasteiger partial charge in [0.2, 0.25) is 15.8 Å². The van der Waals surface area contributed by atoms with Gasteiger partial charge in [0.05, 0.1) is 39.0 Å². The number of amides is 1. The van der Waals surface area contributed by atoms with Crippen LogP contribution in [0, 0.1) is 20.8 Å². The van der Waals surface area contributed by atoms with Crippen LogP contribution >= 0.6 is 0 Å². The molecule has 38 heavy (non-hydrogen) atoms. The fourth-order valence-electron chi connectivity index (χ4n) is 4.31. The van der Waals surface area contributed by atoms with Crippen LogP contribution in [0.4, 0.5) is 0 Å². The van der Waals surface area contributed by atoms with Gasteiger partial charge in [-0.2, -0.15) is 9.41 Å². The number of benzene rings is 3. The lowest BCUT2D eigenvalue weighted by molar-refractivity contribution is -0.121. The summed E-state index contributed by atoms with van der Waals surface area (Å²) in [7, 11) is 0.476. The highest BCUT2D eigenvalue weighted by Crippen LogP contribution is 2.39. The summed E-state index contributed by atoms with van der Waals surface area (Å²) in [6.45, 7) is 5.03. The first-order valence-corrected chi connectivity index (χ1v) is 13.3. The summed E-state index contributed by atoms with van der Waals surface area (Å²) in [6, 6.07) is 16.2. The molecular formula is C28H33N3O6S. The van der Waals surface area contributed by atoms with Gasteiger partial charge in [-0.25, -0.2) is 13.8 Å². The number of hydrogen-bond acceptors (Lipinski definition) is 7. The highest BCUT2D eigenvalue weighted by molar-refractivity contribution is 7.89. The molecule has 1 N–H and O–H groups in total. The summed E-state index contributed by atoms with van der Waals surface area (Å²) in [5.74, 6) is 0.648. The Bertz CT molecular complexity index is 1400. The summed E-state index contributed by atoms with van der Waals surface area (Å²) < 4.78 is 44.8. The lowest BCUT2D eigenvalue weighted by atomic mass is 10.1. The topological polar surface area (TPSA) is 107 Å². The van der Waals surface area contributed by atoms with Crippen LogP contribution in [-0.4, -0.2) is 52.7 Å². The molecule has 0 bridgehead atoms. The molecule has 9 nitrogen and oxygen atoms in total. The van der Waals surface area contributed by atoms with Crippen LogP contribution in [0.15, 0.2) is 64.6 Å². The average Bonchev–Trinajstić information content (AvgIpc) is 2.87. The Hall–Kier alpha value is -3.89. The lowest BCUT2D eigenvalue weighted by Crippen LogP contribution is -2.39. The molecule has 0 aromatic heterocycles. The number of nitrogens with one attached hydrogen (secondary N) is 1. The molecule has 0 aliphatic rings. The van der Waals surface area contributed by atoms with Crippen molar-refractivity contribution >= 4 is 22.1 Å². The van der Waals surface area contributed by atoms with Crippen LogP contribution in [-0.2, 0) is 21.4 Å². The van der Waals surface area contributed by atoms with Crippen molar-refractivity contribution in [3.63, 3.8) is 0 Å². The Morgan fingerprint density at radius 3 is 2.13 bits per heavy atom. The number of sulfonamides is 1. The van der Waals surface area contributed by atoms with Crippen molar-refractivity contribution in [1.29, 1.82) is 0 Å². The van der Waals surface area contributed by atoms with Gasteiger partial charge in [-0.3, -0.25) is 4.79 Å². The van der Waals surface area contributed by atoms with E-state index in [4.69, 9.17) is 14.2 Å². The molecule has 0 unspecified atom stereocenters. The Morgan fingerprint density at radius 1 is 0.921 bits per heavy atom. The van der Waals surface area contributed by atoms with Gasteiger partial charge in [0.15, 0.2) is 11.5 Å². The van der Waals surface area contributed by atoms with Crippen molar-refractivity contribution in [2.75, 3.05) is 27.9 Å². The van der Waals surface area contributed by atoms with Crippen LogP contribution in [0.2, 0.25) is 0 Å². The van der Waals surface area contributed by atoms with E-state index >= 15 is 0 Å². The monoisotopic (exact) mass is 539 g/mol. The zero-order valence-electron chi connectivity index (χ0n) is 22.4. The van der Waals surface area contributed by atoms with Gasteiger partial charge in [0.1, 0.15) is 0 Å². The highest BCUT2D eigenvalue weighted by atomic mass is 32.2. The van der Waals surface area contributed by atoms with Gasteiger partial charge < -0.3 is 14.2 Å². The molecular weight excluding hydrogens is 506 g/mol. The van der Waals surface area contributed by atoms with Crippen molar-refractivity contribution in [3.05, 3.63) is 82.4 Å². The van der Waals surface area contributed by atoms with E-state index in [0.717, 1.165) is 15.4 Å². The third kappa shape index (κ3) is 6.51. The zero-order chi connectivity index (χ0) is 27.9. The molecule has 202 valence electrons. The first-order valence-electron chi connectivity index (χ1n) is 11.8. The molecule has 1 amide bonds. The number of ether oxygens (including phenoxy) is 3. The largest absolute Gasteiger partial charge is 0.493 e. The van der Waals surface area contributed by atoms with Gasteiger partial charge in [-0.05, 0) is 49.6 Å². The second-order valence-electron chi connectivity index (χ2n) is 8.70. The smallest absolute Gasteiger partial charge is 0.255 e. The van der Waals surface area contributed by atoms with Crippen molar-refractivity contribution in [3.8, 4) is 17.2 Å². The summed E-state index contributed by atoms with van der Waals surface area (Å²) in [5, 5.41) is 4.02. The van der Waals surface area contributed by atoms with E-state index in [1.165, 1.54) is 27.5 Å². The van der Waals surface area contributed by atoms with Crippen molar-refractivity contribution < 1.29 is 27.4 Å². The Labute approximate surface area is 224 Å². The van der Waals surface area contributed by atoms with E-state index in [1.54, 1.807) is 26.0 Å². The zero-order valence-corrected chi connectivity index (χ0v) is 23.3. The molecule has 0 saturated carbocycles. The van der Waals surface area contributed by atoms with E-state index < -0.39 is 22.5 Å². The molecule has 0 atom stereocenters. The number of nitrogens with zero attached hydrogens (tertiary/aromatic N) is 2. The third-order valence-corrected chi connectivity index (χ3v) is 7.95. The van der Waals surface area contributed by atoms with Gasteiger partial charge >= 0.3 is 0 Å². The molecule has 0 fully saturated rings. The van der Waals surface area contributed by atoms with Crippen molar-refractivity contribution in [2.45, 2.75) is 32.2 Å². The van der Waals surface area contributed by atoms with E-state index in [2.05, 4.69) is 10.5 Å². The molecule has 0 radical (unpaired) electrons. The summed E-state index contributed by atoms with van der Waals surface area (Å²) >= 11 is 0. The van der Waals surface area contributed by atoms with E-state index in [0.29, 0.717) is 33.9 Å². The Morgan fingerprint density at radius 2 is 1.55 bits per heavy atom. The summed E-state index contributed by atoms with van der Waals surface area (Å²) in [6.07, 6.45) is 1.39. The number of methoxy groups -OCH3 is 3. The van der Waals surface area contributed by atoms with E-state index in [1.807, 2.05) is 49.4 Å². The van der Waals surface area contributed by atoms with Gasteiger partial charge in [-0.1, -0.05) is 48.0 Å². The second-order valence-corrected chi connectivity index (χ2v) is 10.6. The standard InChI is InChI=1S/C28H33N3O6S/c1-19-14-20(2)28(21(3)15-19)38(33,34)31(17-22-10-8-7-9-11-22)18-25(32)30-29-16-23-12-13-24(35-4)27(37-6)26(23)36-5/h7-16H,17-18H2,1-6H3,(H,30,32)/b29-16-.